The number of aromatic nitrogens is 2. The van der Waals surface area contributed by atoms with Gasteiger partial charge in [-0.25, -0.2) is 4.68 Å². The van der Waals surface area contributed by atoms with Gasteiger partial charge in [-0.15, -0.1) is 0 Å². The van der Waals surface area contributed by atoms with E-state index in [1.807, 2.05) is 10.9 Å². The molecule has 2 aromatic rings. The highest BCUT2D eigenvalue weighted by Gasteiger charge is 2.18. The van der Waals surface area contributed by atoms with Crippen LogP contribution < -0.4 is 0 Å². The van der Waals surface area contributed by atoms with E-state index in [9.17, 15) is 0 Å². The van der Waals surface area contributed by atoms with Crippen LogP contribution in [0.4, 0.5) is 0 Å². The van der Waals surface area contributed by atoms with Crippen LogP contribution in [0.15, 0.2) is 24.4 Å². The Morgan fingerprint density at radius 1 is 1.38 bits per heavy atom. The van der Waals surface area contributed by atoms with Gasteiger partial charge in [-0.1, -0.05) is 0 Å². The topological polar surface area (TPSA) is 27.1 Å². The Labute approximate surface area is 108 Å². The molecule has 0 bridgehead atoms. The predicted octanol–water partition coefficient (Wildman–Crippen LogP) is 3.34. The number of hydrogen-bond acceptors (Lipinski definition) is 2. The van der Waals surface area contributed by atoms with Crippen molar-refractivity contribution in [3.63, 3.8) is 0 Å². The van der Waals surface area contributed by atoms with Crippen molar-refractivity contribution in [2.24, 2.45) is 0 Å². The molecular weight excluding hydrogens is 315 g/mol. The molecule has 2 heterocycles. The molecule has 3 nitrogen and oxygen atoms in total. The summed E-state index contributed by atoms with van der Waals surface area (Å²) in [5, 5.41) is 5.64. The molecule has 1 saturated heterocycles. The van der Waals surface area contributed by atoms with Crippen LogP contribution in [0.3, 0.4) is 0 Å². The maximum atomic E-state index is 5.76. The zero-order chi connectivity index (χ0) is 11.0. The van der Waals surface area contributed by atoms with Gasteiger partial charge in [0.05, 0.1) is 11.7 Å². The summed E-state index contributed by atoms with van der Waals surface area (Å²) in [6.45, 7) is 0.858. The molecule has 1 fully saturated rings. The van der Waals surface area contributed by atoms with Crippen LogP contribution in [0.25, 0.3) is 10.9 Å². The lowest BCUT2D eigenvalue weighted by molar-refractivity contribution is -0.0366. The largest absolute Gasteiger partial charge is 0.356 e. The van der Waals surface area contributed by atoms with Gasteiger partial charge in [0.1, 0.15) is 0 Å². The highest BCUT2D eigenvalue weighted by atomic mass is 127. The van der Waals surface area contributed by atoms with E-state index in [2.05, 4.69) is 45.9 Å². The van der Waals surface area contributed by atoms with E-state index in [0.717, 1.165) is 13.0 Å². The Morgan fingerprint density at radius 2 is 2.31 bits per heavy atom. The summed E-state index contributed by atoms with van der Waals surface area (Å²) in [5.74, 6) is 0. The third-order valence-electron chi connectivity index (χ3n) is 2.99. The third-order valence-corrected chi connectivity index (χ3v) is 3.66. The summed E-state index contributed by atoms with van der Waals surface area (Å²) in [4.78, 5) is 0. The van der Waals surface area contributed by atoms with Gasteiger partial charge in [-0.05, 0) is 60.1 Å². The summed E-state index contributed by atoms with van der Waals surface area (Å²) in [7, 11) is 0. The average molecular weight is 328 g/mol. The van der Waals surface area contributed by atoms with E-state index in [-0.39, 0.29) is 6.23 Å². The predicted molar refractivity (Wildman–Crippen MR) is 71.3 cm³/mol. The van der Waals surface area contributed by atoms with Gasteiger partial charge in [-0.2, -0.15) is 5.10 Å². The van der Waals surface area contributed by atoms with Crippen molar-refractivity contribution in [3.8, 4) is 0 Å². The van der Waals surface area contributed by atoms with E-state index in [1.165, 1.54) is 27.3 Å². The molecule has 1 aliphatic rings. The van der Waals surface area contributed by atoms with Crippen LogP contribution in [0.5, 0.6) is 0 Å². The molecule has 1 aromatic carbocycles. The van der Waals surface area contributed by atoms with Gasteiger partial charge < -0.3 is 4.74 Å². The number of fused-ring (bicyclic) bond motifs is 1. The number of hydrogen-bond donors (Lipinski definition) is 0. The number of halogens is 1. The first-order valence-corrected chi connectivity index (χ1v) is 6.67. The second-order valence-electron chi connectivity index (χ2n) is 4.11. The Hall–Kier alpha value is -0.620. The van der Waals surface area contributed by atoms with Crippen molar-refractivity contribution in [1.82, 2.24) is 9.78 Å². The Morgan fingerprint density at radius 3 is 3.12 bits per heavy atom. The lowest BCUT2D eigenvalue weighted by Crippen LogP contribution is -2.18. The van der Waals surface area contributed by atoms with E-state index in [1.54, 1.807) is 0 Å². The van der Waals surface area contributed by atoms with Crippen molar-refractivity contribution < 1.29 is 4.74 Å². The molecule has 1 atom stereocenters. The highest BCUT2D eigenvalue weighted by Crippen LogP contribution is 2.26. The number of ether oxygens (including phenoxy) is 1. The number of nitrogens with zero attached hydrogens (tertiary/aromatic N) is 2. The molecule has 84 valence electrons. The van der Waals surface area contributed by atoms with Gasteiger partial charge in [0.15, 0.2) is 6.23 Å². The van der Waals surface area contributed by atoms with Crippen LogP contribution in [-0.4, -0.2) is 16.4 Å². The molecule has 1 aliphatic heterocycles. The van der Waals surface area contributed by atoms with E-state index >= 15 is 0 Å². The fourth-order valence-corrected chi connectivity index (χ4v) is 2.69. The maximum absolute atomic E-state index is 5.76. The normalized spacial score (nSPS) is 21.4. The molecule has 0 spiro atoms. The highest BCUT2D eigenvalue weighted by molar-refractivity contribution is 14.1. The summed E-state index contributed by atoms with van der Waals surface area (Å²) >= 11 is 2.32. The maximum Gasteiger partial charge on any atom is 0.150 e. The summed E-state index contributed by atoms with van der Waals surface area (Å²) in [6, 6.07) is 6.40. The van der Waals surface area contributed by atoms with Gasteiger partial charge in [0.2, 0.25) is 0 Å². The van der Waals surface area contributed by atoms with Gasteiger partial charge in [0.25, 0.3) is 0 Å². The zero-order valence-corrected chi connectivity index (χ0v) is 11.1. The molecule has 0 saturated carbocycles. The minimum atomic E-state index is 0.131. The average Bonchev–Trinajstić information content (AvgIpc) is 2.73. The fraction of sp³-hybridized carbons (Fsp3) is 0.417. The van der Waals surface area contributed by atoms with Gasteiger partial charge in [0, 0.05) is 15.6 Å². The van der Waals surface area contributed by atoms with Crippen molar-refractivity contribution in [3.05, 3.63) is 28.0 Å². The molecule has 4 heteroatoms. The van der Waals surface area contributed by atoms with Gasteiger partial charge in [-0.3, -0.25) is 0 Å². The zero-order valence-electron chi connectivity index (χ0n) is 8.90. The molecular formula is C12H13IN2O. The van der Waals surface area contributed by atoms with Crippen molar-refractivity contribution in [2.45, 2.75) is 25.5 Å². The summed E-state index contributed by atoms with van der Waals surface area (Å²) in [5.41, 5.74) is 1.17. The van der Waals surface area contributed by atoms with Crippen LogP contribution >= 0.6 is 22.6 Å². The monoisotopic (exact) mass is 328 g/mol. The van der Waals surface area contributed by atoms with Crippen LogP contribution in [-0.2, 0) is 4.74 Å². The first-order chi connectivity index (χ1) is 7.84. The lowest BCUT2D eigenvalue weighted by Gasteiger charge is -2.23. The fourth-order valence-electron chi connectivity index (χ4n) is 2.17. The molecule has 0 N–H and O–H groups in total. The summed E-state index contributed by atoms with van der Waals surface area (Å²) in [6.07, 6.45) is 5.54. The van der Waals surface area contributed by atoms with Gasteiger partial charge >= 0.3 is 0 Å². The molecule has 0 amide bonds. The molecule has 1 unspecified atom stereocenters. The third kappa shape index (κ3) is 1.84. The van der Waals surface area contributed by atoms with Crippen LogP contribution in [0, 0.1) is 3.57 Å². The standard InChI is InChI=1S/C12H13IN2O/c13-10-4-5-11-9(7-10)8-14-15(11)12-3-1-2-6-16-12/h4-5,7-8,12H,1-3,6H2. The van der Waals surface area contributed by atoms with Crippen molar-refractivity contribution >= 4 is 33.5 Å². The van der Waals surface area contributed by atoms with E-state index in [0.29, 0.717) is 0 Å². The second-order valence-corrected chi connectivity index (χ2v) is 5.36. The Balaban J connectivity index is 2.03. The molecule has 3 rings (SSSR count). The van der Waals surface area contributed by atoms with Crippen molar-refractivity contribution in [2.75, 3.05) is 6.61 Å². The summed E-state index contributed by atoms with van der Waals surface area (Å²) < 4.78 is 9.02. The van der Waals surface area contributed by atoms with Crippen LogP contribution in [0.1, 0.15) is 25.5 Å². The number of benzene rings is 1. The molecule has 0 aliphatic carbocycles. The van der Waals surface area contributed by atoms with Crippen molar-refractivity contribution in [1.29, 1.82) is 0 Å². The second kappa shape index (κ2) is 4.33. The smallest absolute Gasteiger partial charge is 0.150 e. The quantitative estimate of drug-likeness (QED) is 0.751. The molecule has 0 radical (unpaired) electrons. The first kappa shape index (κ1) is 10.5. The van der Waals surface area contributed by atoms with Crippen LogP contribution in [0.2, 0.25) is 0 Å². The number of rotatable bonds is 1. The van der Waals surface area contributed by atoms with E-state index in [4.69, 9.17) is 4.74 Å². The lowest BCUT2D eigenvalue weighted by atomic mass is 10.2. The minimum Gasteiger partial charge on any atom is -0.356 e. The van der Waals surface area contributed by atoms with E-state index < -0.39 is 0 Å². The SMILES string of the molecule is Ic1ccc2c(cnn2C2CCCCO2)c1. The first-order valence-electron chi connectivity index (χ1n) is 5.59. The molecule has 16 heavy (non-hydrogen) atoms. The minimum absolute atomic E-state index is 0.131. The molecule has 1 aromatic heterocycles. The Kier molecular flexibility index (Phi) is 2.85. The Bertz CT molecular complexity index is 503.